The van der Waals surface area contributed by atoms with Crippen molar-refractivity contribution in [2.24, 2.45) is 5.73 Å². The van der Waals surface area contributed by atoms with Gasteiger partial charge >= 0.3 is 0 Å². The molecule has 0 aromatic heterocycles. The molecule has 19 heavy (non-hydrogen) atoms. The zero-order chi connectivity index (χ0) is 13.7. The van der Waals surface area contributed by atoms with Gasteiger partial charge in [0.15, 0.2) is 0 Å². The maximum Gasteiger partial charge on any atom is 0.106 e. The van der Waals surface area contributed by atoms with Crippen LogP contribution in [-0.2, 0) is 0 Å². The van der Waals surface area contributed by atoms with E-state index in [1.54, 1.807) is 0 Å². The minimum Gasteiger partial charge on any atom is -0.389 e. The van der Waals surface area contributed by atoms with Gasteiger partial charge in [0, 0.05) is 21.8 Å². The highest BCUT2D eigenvalue weighted by molar-refractivity contribution is 9.10. The first-order valence-electron chi connectivity index (χ1n) is 7.02. The van der Waals surface area contributed by atoms with Crippen LogP contribution in [0.3, 0.4) is 0 Å². The predicted octanol–water partition coefficient (Wildman–Crippen LogP) is 4.61. The second-order valence-electron chi connectivity index (χ2n) is 5.24. The molecule has 1 saturated carbocycles. The molecule has 2 rings (SSSR count). The first-order chi connectivity index (χ1) is 9.16. The third-order valence-electron chi connectivity index (χ3n) is 3.71. The van der Waals surface area contributed by atoms with Gasteiger partial charge in [0.25, 0.3) is 0 Å². The lowest BCUT2D eigenvalue weighted by molar-refractivity contribution is 0.471. The van der Waals surface area contributed by atoms with Gasteiger partial charge < -0.3 is 11.1 Å². The monoisotopic (exact) mass is 340 g/mol. The first kappa shape index (κ1) is 14.8. The Bertz CT molecular complexity index is 440. The molecule has 1 aliphatic carbocycles. The van der Waals surface area contributed by atoms with Gasteiger partial charge in [-0.2, -0.15) is 0 Å². The van der Waals surface area contributed by atoms with Crippen molar-refractivity contribution in [1.82, 2.24) is 0 Å². The molecule has 104 valence electrons. The molecule has 0 spiro atoms. The summed E-state index contributed by atoms with van der Waals surface area (Å²) in [6.45, 7) is 0. The number of hydrogen-bond acceptors (Lipinski definition) is 2. The third kappa shape index (κ3) is 4.46. The average Bonchev–Trinajstić information content (AvgIpc) is 2.32. The second-order valence-corrected chi connectivity index (χ2v) is 6.60. The van der Waals surface area contributed by atoms with Crippen LogP contribution in [-0.4, -0.2) is 11.0 Å². The highest BCUT2D eigenvalue weighted by Crippen LogP contribution is 2.25. The fourth-order valence-electron chi connectivity index (χ4n) is 2.67. The molecule has 1 aromatic rings. The summed E-state index contributed by atoms with van der Waals surface area (Å²) in [5.74, 6) is 0. The Morgan fingerprint density at radius 2 is 1.79 bits per heavy atom. The van der Waals surface area contributed by atoms with E-state index in [2.05, 4.69) is 27.3 Å². The minimum atomic E-state index is 0.459. The van der Waals surface area contributed by atoms with Gasteiger partial charge in [0.1, 0.15) is 4.99 Å². The molecule has 0 bridgehead atoms. The van der Waals surface area contributed by atoms with Crippen LogP contribution in [0.1, 0.15) is 50.5 Å². The van der Waals surface area contributed by atoms with Crippen molar-refractivity contribution >= 4 is 38.8 Å². The topological polar surface area (TPSA) is 38.0 Å². The van der Waals surface area contributed by atoms with Crippen LogP contribution in [0, 0.1) is 0 Å². The summed E-state index contributed by atoms with van der Waals surface area (Å²) in [6, 6.07) is 6.59. The molecule has 1 aliphatic rings. The smallest absolute Gasteiger partial charge is 0.106 e. The summed E-state index contributed by atoms with van der Waals surface area (Å²) in [7, 11) is 0. The summed E-state index contributed by atoms with van der Waals surface area (Å²) in [4.78, 5) is 0.459. The molecule has 1 fully saturated rings. The van der Waals surface area contributed by atoms with E-state index in [0.29, 0.717) is 11.0 Å². The molecule has 0 atom stereocenters. The number of thiocarbonyl (C=S) groups is 1. The predicted molar refractivity (Wildman–Crippen MR) is 89.8 cm³/mol. The number of anilines is 1. The van der Waals surface area contributed by atoms with E-state index in [9.17, 15) is 0 Å². The van der Waals surface area contributed by atoms with Crippen molar-refractivity contribution in [3.05, 3.63) is 28.2 Å². The van der Waals surface area contributed by atoms with Gasteiger partial charge in [-0.05, 0) is 31.0 Å². The molecule has 1 aromatic carbocycles. The molecule has 0 heterocycles. The van der Waals surface area contributed by atoms with Crippen LogP contribution >= 0.6 is 28.1 Å². The fraction of sp³-hybridized carbons (Fsp3) is 0.533. The van der Waals surface area contributed by atoms with E-state index >= 15 is 0 Å². The highest BCUT2D eigenvalue weighted by Gasteiger charge is 2.14. The van der Waals surface area contributed by atoms with Crippen LogP contribution < -0.4 is 11.1 Å². The fourth-order valence-corrected chi connectivity index (χ4v) is 3.21. The maximum atomic E-state index is 5.80. The van der Waals surface area contributed by atoms with Crippen molar-refractivity contribution in [1.29, 1.82) is 0 Å². The standard InChI is InChI=1S/C15H21BrN2S/c16-11-8-9-13(15(17)19)14(10-11)18-12-6-4-2-1-3-5-7-12/h8-10,12,18H,1-7H2,(H2,17,19). The van der Waals surface area contributed by atoms with Gasteiger partial charge in [-0.15, -0.1) is 0 Å². The molecular formula is C15H21BrN2S. The van der Waals surface area contributed by atoms with Crippen LogP contribution in [0.15, 0.2) is 22.7 Å². The summed E-state index contributed by atoms with van der Waals surface area (Å²) in [5.41, 5.74) is 7.81. The van der Waals surface area contributed by atoms with Crippen LogP contribution in [0.2, 0.25) is 0 Å². The molecule has 3 N–H and O–H groups in total. The van der Waals surface area contributed by atoms with Crippen LogP contribution in [0.5, 0.6) is 0 Å². The van der Waals surface area contributed by atoms with E-state index < -0.39 is 0 Å². The van der Waals surface area contributed by atoms with Crippen molar-refractivity contribution in [2.45, 2.75) is 51.0 Å². The van der Waals surface area contributed by atoms with Crippen molar-refractivity contribution in [3.8, 4) is 0 Å². The lowest BCUT2D eigenvalue weighted by Crippen LogP contribution is -2.23. The lowest BCUT2D eigenvalue weighted by Gasteiger charge is -2.23. The third-order valence-corrected chi connectivity index (χ3v) is 4.43. The Hall–Kier alpha value is -0.610. The quantitative estimate of drug-likeness (QED) is 0.789. The molecule has 4 heteroatoms. The van der Waals surface area contributed by atoms with E-state index in [0.717, 1.165) is 15.7 Å². The Labute approximate surface area is 129 Å². The lowest BCUT2D eigenvalue weighted by atomic mass is 9.96. The molecule has 0 amide bonds. The van der Waals surface area contributed by atoms with Gasteiger partial charge in [-0.3, -0.25) is 0 Å². The minimum absolute atomic E-state index is 0.459. The number of nitrogens with two attached hydrogens (primary N) is 1. The normalized spacial score (nSPS) is 17.5. The average molecular weight is 341 g/mol. The van der Waals surface area contributed by atoms with E-state index in [1.807, 2.05) is 12.1 Å². The van der Waals surface area contributed by atoms with Gasteiger partial charge in [0.2, 0.25) is 0 Å². The Morgan fingerprint density at radius 3 is 2.42 bits per heavy atom. The molecule has 0 aliphatic heterocycles. The molecule has 2 nitrogen and oxygen atoms in total. The zero-order valence-electron chi connectivity index (χ0n) is 11.1. The number of hydrogen-bond donors (Lipinski definition) is 2. The second kappa shape index (κ2) is 7.25. The van der Waals surface area contributed by atoms with Crippen molar-refractivity contribution in [2.75, 3.05) is 5.32 Å². The summed E-state index contributed by atoms with van der Waals surface area (Å²) >= 11 is 8.65. The van der Waals surface area contributed by atoms with Crippen LogP contribution in [0.25, 0.3) is 0 Å². The summed E-state index contributed by atoms with van der Waals surface area (Å²) in [5, 5.41) is 3.64. The van der Waals surface area contributed by atoms with E-state index in [4.69, 9.17) is 18.0 Å². The largest absolute Gasteiger partial charge is 0.389 e. The van der Waals surface area contributed by atoms with Gasteiger partial charge in [-0.25, -0.2) is 0 Å². The van der Waals surface area contributed by atoms with Crippen molar-refractivity contribution in [3.63, 3.8) is 0 Å². The van der Waals surface area contributed by atoms with E-state index in [1.165, 1.54) is 44.9 Å². The zero-order valence-corrected chi connectivity index (χ0v) is 13.5. The maximum absolute atomic E-state index is 5.80. The Morgan fingerprint density at radius 1 is 1.16 bits per heavy atom. The number of benzene rings is 1. The number of nitrogens with one attached hydrogen (secondary N) is 1. The Kier molecular flexibility index (Phi) is 5.64. The summed E-state index contributed by atoms with van der Waals surface area (Å²) in [6.07, 6.45) is 9.22. The molecule has 0 unspecified atom stereocenters. The SMILES string of the molecule is NC(=S)c1ccc(Br)cc1NC1CCCCCCC1. The van der Waals surface area contributed by atoms with Crippen LogP contribution in [0.4, 0.5) is 5.69 Å². The van der Waals surface area contributed by atoms with E-state index in [-0.39, 0.29) is 0 Å². The number of rotatable bonds is 3. The molecular weight excluding hydrogens is 320 g/mol. The number of halogens is 1. The molecule has 0 saturated heterocycles. The van der Waals surface area contributed by atoms with Crippen molar-refractivity contribution < 1.29 is 0 Å². The Balaban J connectivity index is 2.11. The van der Waals surface area contributed by atoms with Gasteiger partial charge in [0.05, 0.1) is 0 Å². The molecule has 0 radical (unpaired) electrons. The highest BCUT2D eigenvalue weighted by atomic mass is 79.9. The first-order valence-corrected chi connectivity index (χ1v) is 8.23. The van der Waals surface area contributed by atoms with Gasteiger partial charge in [-0.1, -0.05) is 60.3 Å². The summed E-state index contributed by atoms with van der Waals surface area (Å²) < 4.78 is 1.06.